The highest BCUT2D eigenvalue weighted by atomic mass is 16.5. The molecule has 0 aliphatic heterocycles. The van der Waals surface area contributed by atoms with Crippen LogP contribution >= 0.6 is 0 Å². The van der Waals surface area contributed by atoms with Gasteiger partial charge in [0, 0.05) is 6.54 Å². The second-order valence-electron chi connectivity index (χ2n) is 5.87. The van der Waals surface area contributed by atoms with Crippen molar-refractivity contribution in [3.8, 4) is 0 Å². The molecule has 0 saturated heterocycles. The molecule has 0 aromatic carbocycles. The molecule has 2 aliphatic rings. The van der Waals surface area contributed by atoms with Crippen LogP contribution in [0, 0.1) is 17.3 Å². The molecule has 0 aromatic rings. The molecule has 1 saturated carbocycles. The Morgan fingerprint density at radius 3 is 2.53 bits per heavy atom. The molecule has 4 nitrogen and oxygen atoms in total. The molecule has 3 unspecified atom stereocenters. The minimum atomic E-state index is -0.487. The van der Waals surface area contributed by atoms with Crippen LogP contribution in [0.1, 0.15) is 40.5 Å². The minimum absolute atomic E-state index is 0.149. The van der Waals surface area contributed by atoms with Crippen LogP contribution in [0.25, 0.3) is 0 Å². The smallest absolute Gasteiger partial charge is 0.407 e. The summed E-state index contributed by atoms with van der Waals surface area (Å²) < 4.78 is 5.27. The number of ketones is 1. The number of carbonyl (C=O) groups is 2. The van der Waals surface area contributed by atoms with E-state index in [9.17, 15) is 9.59 Å². The van der Waals surface area contributed by atoms with Gasteiger partial charge in [-0.25, -0.2) is 4.79 Å². The summed E-state index contributed by atoms with van der Waals surface area (Å²) in [6.45, 7) is 8.49. The number of alkyl carbamates (subject to hydrolysis) is 1. The number of fused-ring (bicyclic) bond motifs is 2. The number of allylic oxidation sites excluding steroid dienone is 2. The van der Waals surface area contributed by atoms with Gasteiger partial charge in [-0.05, 0) is 52.4 Å². The molecule has 2 rings (SSSR count). The molecule has 0 aromatic heterocycles. The Bertz CT molecular complexity index is 441. The standard InChI is InChI=1S/C15H23NO3/c1-5-16-14(18)19-8-15(11(4)17)7-12-6-13(15)10(3)9(12)2/h12-13H,5-8H2,1-4H3,(H,16,18). The average Bonchev–Trinajstić information content (AvgIpc) is 2.86. The Balaban J connectivity index is 2.14. The highest BCUT2D eigenvalue weighted by Crippen LogP contribution is 2.58. The van der Waals surface area contributed by atoms with Gasteiger partial charge in [-0.3, -0.25) is 4.79 Å². The normalized spacial score (nSPS) is 32.6. The summed E-state index contributed by atoms with van der Waals surface area (Å²) in [5.74, 6) is 0.896. The molecule has 1 fully saturated rings. The van der Waals surface area contributed by atoms with E-state index in [4.69, 9.17) is 4.74 Å². The van der Waals surface area contributed by atoms with Crippen molar-refractivity contribution < 1.29 is 14.3 Å². The summed E-state index contributed by atoms with van der Waals surface area (Å²) in [7, 11) is 0. The molecule has 0 spiro atoms. The van der Waals surface area contributed by atoms with E-state index < -0.39 is 11.5 Å². The van der Waals surface area contributed by atoms with E-state index >= 15 is 0 Å². The molecule has 2 aliphatic carbocycles. The van der Waals surface area contributed by atoms with E-state index in [1.807, 2.05) is 6.92 Å². The van der Waals surface area contributed by atoms with Crippen molar-refractivity contribution in [2.24, 2.45) is 17.3 Å². The van der Waals surface area contributed by atoms with Crippen LogP contribution in [0.4, 0.5) is 4.79 Å². The van der Waals surface area contributed by atoms with E-state index in [0.717, 1.165) is 12.8 Å². The highest BCUT2D eigenvalue weighted by molar-refractivity contribution is 5.85. The molecule has 19 heavy (non-hydrogen) atoms. The number of nitrogens with one attached hydrogen (secondary N) is 1. The molecule has 0 radical (unpaired) electrons. The van der Waals surface area contributed by atoms with Gasteiger partial charge in [-0.2, -0.15) is 0 Å². The SMILES string of the molecule is CCNC(=O)OCC1(C(C)=O)CC2CC1C(C)=C2C. The van der Waals surface area contributed by atoms with Gasteiger partial charge < -0.3 is 10.1 Å². The number of rotatable bonds is 4. The van der Waals surface area contributed by atoms with Crippen molar-refractivity contribution in [2.75, 3.05) is 13.2 Å². The molecule has 106 valence electrons. The van der Waals surface area contributed by atoms with Crippen molar-refractivity contribution in [3.05, 3.63) is 11.1 Å². The molecular weight excluding hydrogens is 242 g/mol. The third-order valence-electron chi connectivity index (χ3n) is 5.04. The summed E-state index contributed by atoms with van der Waals surface area (Å²) in [5, 5.41) is 2.61. The van der Waals surface area contributed by atoms with Crippen LogP contribution in [-0.2, 0) is 9.53 Å². The Labute approximate surface area is 114 Å². The first kappa shape index (κ1) is 14.1. The van der Waals surface area contributed by atoms with Crippen molar-refractivity contribution in [2.45, 2.75) is 40.5 Å². The quantitative estimate of drug-likeness (QED) is 0.795. The lowest BCUT2D eigenvalue weighted by molar-refractivity contribution is -0.130. The van der Waals surface area contributed by atoms with Gasteiger partial charge in [0.1, 0.15) is 12.4 Å². The van der Waals surface area contributed by atoms with Crippen LogP contribution in [0.3, 0.4) is 0 Å². The number of carbonyl (C=O) groups excluding carboxylic acids is 2. The first-order chi connectivity index (χ1) is 8.92. The summed E-state index contributed by atoms with van der Waals surface area (Å²) >= 11 is 0. The first-order valence-electron chi connectivity index (χ1n) is 7.01. The van der Waals surface area contributed by atoms with Gasteiger partial charge in [0.25, 0.3) is 0 Å². The van der Waals surface area contributed by atoms with Crippen molar-refractivity contribution in [1.82, 2.24) is 5.32 Å². The van der Waals surface area contributed by atoms with Crippen molar-refractivity contribution in [3.63, 3.8) is 0 Å². The maximum atomic E-state index is 12.1. The third kappa shape index (κ3) is 2.17. The van der Waals surface area contributed by atoms with Gasteiger partial charge in [0.15, 0.2) is 0 Å². The maximum Gasteiger partial charge on any atom is 0.407 e. The van der Waals surface area contributed by atoms with Crippen LogP contribution in [0.15, 0.2) is 11.1 Å². The Morgan fingerprint density at radius 2 is 2.05 bits per heavy atom. The molecular formula is C15H23NO3. The highest BCUT2D eigenvalue weighted by Gasteiger charge is 2.56. The van der Waals surface area contributed by atoms with E-state index in [2.05, 4.69) is 19.2 Å². The molecule has 0 heterocycles. The summed E-state index contributed by atoms with van der Waals surface area (Å²) in [4.78, 5) is 23.6. The monoisotopic (exact) mass is 265 g/mol. The zero-order valence-electron chi connectivity index (χ0n) is 12.2. The lowest BCUT2D eigenvalue weighted by Crippen LogP contribution is -2.42. The third-order valence-corrected chi connectivity index (χ3v) is 5.04. The van der Waals surface area contributed by atoms with Gasteiger partial charge in [0.2, 0.25) is 0 Å². The lowest BCUT2D eigenvalue weighted by Gasteiger charge is -2.35. The van der Waals surface area contributed by atoms with Crippen molar-refractivity contribution in [1.29, 1.82) is 0 Å². The molecule has 3 atom stereocenters. The predicted molar refractivity (Wildman–Crippen MR) is 72.7 cm³/mol. The van der Waals surface area contributed by atoms with E-state index in [1.165, 1.54) is 11.1 Å². The van der Waals surface area contributed by atoms with Crippen LogP contribution in [0.5, 0.6) is 0 Å². The van der Waals surface area contributed by atoms with E-state index in [1.54, 1.807) is 6.92 Å². The molecule has 2 bridgehead atoms. The fourth-order valence-corrected chi connectivity index (χ4v) is 3.73. The zero-order chi connectivity index (χ0) is 14.2. The summed E-state index contributed by atoms with van der Waals surface area (Å²) in [5.41, 5.74) is 2.27. The molecule has 4 heteroatoms. The zero-order valence-corrected chi connectivity index (χ0v) is 12.2. The summed E-state index contributed by atoms with van der Waals surface area (Å²) in [6, 6.07) is 0. The number of ether oxygens (including phenoxy) is 1. The lowest BCUT2D eigenvalue weighted by atomic mass is 9.69. The van der Waals surface area contributed by atoms with Crippen molar-refractivity contribution >= 4 is 11.9 Å². The fraction of sp³-hybridized carbons (Fsp3) is 0.733. The van der Waals surface area contributed by atoms with E-state index in [0.29, 0.717) is 12.5 Å². The predicted octanol–water partition coefficient (Wildman–Crippen LogP) is 2.68. The fourth-order valence-electron chi connectivity index (χ4n) is 3.73. The first-order valence-corrected chi connectivity index (χ1v) is 7.01. The topological polar surface area (TPSA) is 55.4 Å². The minimum Gasteiger partial charge on any atom is -0.448 e. The van der Waals surface area contributed by atoms with Gasteiger partial charge in [-0.15, -0.1) is 0 Å². The number of Topliss-reactive ketones (excluding diaryl/α,β-unsaturated/α-hetero) is 1. The van der Waals surface area contributed by atoms with Crippen LogP contribution < -0.4 is 5.32 Å². The number of amides is 1. The van der Waals surface area contributed by atoms with Gasteiger partial charge in [0.05, 0.1) is 5.41 Å². The number of hydrogen-bond acceptors (Lipinski definition) is 3. The largest absolute Gasteiger partial charge is 0.448 e. The second kappa shape index (κ2) is 4.99. The Morgan fingerprint density at radius 1 is 1.37 bits per heavy atom. The maximum absolute atomic E-state index is 12.1. The van der Waals surface area contributed by atoms with Gasteiger partial charge in [-0.1, -0.05) is 11.1 Å². The van der Waals surface area contributed by atoms with Gasteiger partial charge >= 0.3 is 6.09 Å². The van der Waals surface area contributed by atoms with E-state index in [-0.39, 0.29) is 18.3 Å². The second-order valence-corrected chi connectivity index (χ2v) is 5.87. The number of hydrogen-bond donors (Lipinski definition) is 1. The van der Waals surface area contributed by atoms with Crippen LogP contribution in [-0.4, -0.2) is 25.0 Å². The Kier molecular flexibility index (Phi) is 3.70. The molecule has 1 amide bonds. The average molecular weight is 265 g/mol. The van der Waals surface area contributed by atoms with Crippen LogP contribution in [0.2, 0.25) is 0 Å². The summed E-state index contributed by atoms with van der Waals surface area (Å²) in [6.07, 6.45) is 1.44. The Hall–Kier alpha value is -1.32. The molecule has 1 N–H and O–H groups in total.